The summed E-state index contributed by atoms with van der Waals surface area (Å²) in [6.45, 7) is 1.79. The van der Waals surface area contributed by atoms with Crippen LogP contribution < -0.4 is 9.47 Å². The summed E-state index contributed by atoms with van der Waals surface area (Å²) >= 11 is 0. The zero-order valence-electron chi connectivity index (χ0n) is 21.0. The number of aromatic nitrogens is 2. The number of nitrogens with zero attached hydrogens (tertiary/aromatic N) is 4. The third-order valence-electron chi connectivity index (χ3n) is 6.26. The lowest BCUT2D eigenvalue weighted by Gasteiger charge is -2.08. The summed E-state index contributed by atoms with van der Waals surface area (Å²) in [5.41, 5.74) is 4.01. The molecular formula is C27H34N4O3. The number of methoxy groups -OCH3 is 2. The normalized spacial score (nSPS) is 11.8. The highest BCUT2D eigenvalue weighted by atomic mass is 16.5. The van der Waals surface area contributed by atoms with Gasteiger partial charge in [0.05, 0.1) is 25.3 Å². The Kier molecular flexibility index (Phi) is 6.95. The molecule has 0 radical (unpaired) electrons. The summed E-state index contributed by atoms with van der Waals surface area (Å²) in [5.74, 6) is 1.57. The fourth-order valence-corrected chi connectivity index (χ4v) is 4.33. The molecule has 4 rings (SSSR count). The van der Waals surface area contributed by atoms with E-state index >= 15 is 0 Å². The smallest absolute Gasteiger partial charge is 0.337 e. The van der Waals surface area contributed by atoms with Gasteiger partial charge in [0.1, 0.15) is 11.5 Å². The number of carbonyl (C=O) groups is 1. The van der Waals surface area contributed by atoms with Gasteiger partial charge in [0.15, 0.2) is 0 Å². The SMILES string of the molecule is COc1ccc2c(c1)c(CCN(C)C)cn2C(=O)n1cc(CCN(C)C)c2cc(OC)ccc21. The first-order valence-corrected chi connectivity index (χ1v) is 11.5. The highest BCUT2D eigenvalue weighted by Crippen LogP contribution is 2.30. The maximum atomic E-state index is 13.9. The summed E-state index contributed by atoms with van der Waals surface area (Å²) in [5, 5.41) is 2.08. The predicted octanol–water partition coefficient (Wildman–Crippen LogP) is 4.34. The van der Waals surface area contributed by atoms with Gasteiger partial charge >= 0.3 is 6.03 Å². The molecule has 0 saturated carbocycles. The van der Waals surface area contributed by atoms with Crippen molar-refractivity contribution in [1.82, 2.24) is 18.9 Å². The molecule has 7 heteroatoms. The first-order valence-electron chi connectivity index (χ1n) is 11.5. The van der Waals surface area contributed by atoms with Crippen LogP contribution in [-0.4, -0.2) is 80.5 Å². The molecule has 2 aromatic heterocycles. The molecular weight excluding hydrogens is 428 g/mol. The highest BCUT2D eigenvalue weighted by Gasteiger charge is 2.20. The van der Waals surface area contributed by atoms with E-state index in [0.29, 0.717) is 0 Å². The highest BCUT2D eigenvalue weighted by molar-refractivity contribution is 6.00. The van der Waals surface area contributed by atoms with Gasteiger partial charge in [-0.1, -0.05) is 0 Å². The van der Waals surface area contributed by atoms with E-state index in [1.807, 2.05) is 48.8 Å². The Labute approximate surface area is 201 Å². The van der Waals surface area contributed by atoms with Gasteiger partial charge in [0, 0.05) is 36.3 Å². The van der Waals surface area contributed by atoms with Crippen LogP contribution in [0.25, 0.3) is 21.8 Å². The molecule has 4 aromatic rings. The summed E-state index contributed by atoms with van der Waals surface area (Å²) in [6.07, 6.45) is 5.64. The fourth-order valence-electron chi connectivity index (χ4n) is 4.33. The van der Waals surface area contributed by atoms with Crippen molar-refractivity contribution < 1.29 is 14.3 Å². The van der Waals surface area contributed by atoms with Crippen molar-refractivity contribution in [2.45, 2.75) is 12.8 Å². The second-order valence-corrected chi connectivity index (χ2v) is 9.20. The van der Waals surface area contributed by atoms with Gasteiger partial charge in [-0.3, -0.25) is 9.13 Å². The largest absolute Gasteiger partial charge is 0.497 e. The Morgan fingerprint density at radius 2 is 1.15 bits per heavy atom. The number of hydrogen-bond donors (Lipinski definition) is 0. The van der Waals surface area contributed by atoms with Crippen molar-refractivity contribution in [3.05, 3.63) is 59.9 Å². The van der Waals surface area contributed by atoms with Gasteiger partial charge < -0.3 is 19.3 Å². The molecule has 2 heterocycles. The van der Waals surface area contributed by atoms with Crippen molar-refractivity contribution in [2.24, 2.45) is 0 Å². The Balaban J connectivity index is 1.83. The van der Waals surface area contributed by atoms with E-state index in [0.717, 1.165) is 70.4 Å². The summed E-state index contributed by atoms with van der Waals surface area (Å²) in [4.78, 5) is 18.2. The third kappa shape index (κ3) is 4.67. The minimum Gasteiger partial charge on any atom is -0.497 e. The van der Waals surface area contributed by atoms with Crippen molar-refractivity contribution in [2.75, 3.05) is 55.5 Å². The molecule has 0 aliphatic rings. The predicted molar refractivity (Wildman–Crippen MR) is 138 cm³/mol. The van der Waals surface area contributed by atoms with E-state index in [9.17, 15) is 4.79 Å². The molecule has 0 aliphatic carbocycles. The van der Waals surface area contributed by atoms with Gasteiger partial charge in [0.2, 0.25) is 0 Å². The molecule has 0 unspecified atom stereocenters. The van der Waals surface area contributed by atoms with Crippen molar-refractivity contribution >= 4 is 27.8 Å². The van der Waals surface area contributed by atoms with Gasteiger partial charge in [-0.05, 0) is 88.6 Å². The van der Waals surface area contributed by atoms with Crippen LogP contribution in [0.15, 0.2) is 48.8 Å². The topological polar surface area (TPSA) is 51.9 Å². The molecule has 0 atom stereocenters. The number of fused-ring (bicyclic) bond motifs is 2. The summed E-state index contributed by atoms with van der Waals surface area (Å²) < 4.78 is 14.4. The lowest BCUT2D eigenvalue weighted by atomic mass is 10.1. The van der Waals surface area contributed by atoms with Gasteiger partial charge in [-0.15, -0.1) is 0 Å². The van der Waals surface area contributed by atoms with Crippen LogP contribution in [0.5, 0.6) is 11.5 Å². The first kappa shape index (κ1) is 23.9. The molecule has 0 N–H and O–H groups in total. The lowest BCUT2D eigenvalue weighted by molar-refractivity contribution is 0.245. The zero-order chi connectivity index (χ0) is 24.4. The van der Waals surface area contributed by atoms with Crippen LogP contribution in [0.4, 0.5) is 4.79 Å². The van der Waals surface area contributed by atoms with E-state index in [2.05, 4.69) is 38.0 Å². The van der Waals surface area contributed by atoms with Crippen LogP contribution in [0.2, 0.25) is 0 Å². The monoisotopic (exact) mass is 462 g/mol. The standard InChI is InChI=1S/C27H34N4O3/c1-28(2)13-11-19-17-30(25-9-7-21(33-5)15-23(19)25)27(32)31-18-20(12-14-29(3)4)24-16-22(34-6)8-10-26(24)31/h7-10,15-18H,11-14H2,1-6H3. The second kappa shape index (κ2) is 9.91. The molecule has 0 amide bonds. The van der Waals surface area contributed by atoms with Crippen LogP contribution >= 0.6 is 0 Å². The maximum absolute atomic E-state index is 13.9. The molecule has 0 spiro atoms. The molecule has 0 fully saturated rings. The summed E-state index contributed by atoms with van der Waals surface area (Å²) in [7, 11) is 11.6. The number of carbonyl (C=O) groups excluding carboxylic acids is 1. The van der Waals surface area contributed by atoms with Crippen molar-refractivity contribution in [3.63, 3.8) is 0 Å². The van der Waals surface area contributed by atoms with Crippen LogP contribution in [0.3, 0.4) is 0 Å². The van der Waals surface area contributed by atoms with Gasteiger partial charge in [-0.25, -0.2) is 4.79 Å². The minimum atomic E-state index is -0.0995. The number of rotatable bonds is 8. The van der Waals surface area contributed by atoms with E-state index < -0.39 is 0 Å². The minimum absolute atomic E-state index is 0.0995. The molecule has 34 heavy (non-hydrogen) atoms. The van der Waals surface area contributed by atoms with Crippen molar-refractivity contribution in [1.29, 1.82) is 0 Å². The van der Waals surface area contributed by atoms with E-state index in [1.165, 1.54) is 0 Å². The molecule has 2 aromatic carbocycles. The van der Waals surface area contributed by atoms with Crippen LogP contribution in [-0.2, 0) is 12.8 Å². The van der Waals surface area contributed by atoms with Crippen molar-refractivity contribution in [3.8, 4) is 11.5 Å². The number of benzene rings is 2. The Bertz CT molecular complexity index is 1220. The third-order valence-corrected chi connectivity index (χ3v) is 6.26. The summed E-state index contributed by atoms with van der Waals surface area (Å²) in [6, 6.07) is 11.7. The number of hydrogen-bond acceptors (Lipinski definition) is 5. The fraction of sp³-hybridized carbons (Fsp3) is 0.370. The van der Waals surface area contributed by atoms with Gasteiger partial charge in [-0.2, -0.15) is 0 Å². The Hall–Kier alpha value is -3.29. The lowest BCUT2D eigenvalue weighted by Crippen LogP contribution is -2.18. The molecule has 180 valence electrons. The maximum Gasteiger partial charge on any atom is 0.337 e. The Morgan fingerprint density at radius 1 is 0.735 bits per heavy atom. The molecule has 0 aliphatic heterocycles. The average Bonchev–Trinajstić information content (AvgIpc) is 3.38. The van der Waals surface area contributed by atoms with Gasteiger partial charge in [0.25, 0.3) is 0 Å². The van der Waals surface area contributed by atoms with Crippen LogP contribution in [0.1, 0.15) is 11.1 Å². The van der Waals surface area contributed by atoms with E-state index in [-0.39, 0.29) is 6.03 Å². The number of ether oxygens (including phenoxy) is 2. The average molecular weight is 463 g/mol. The molecule has 0 bridgehead atoms. The number of likely N-dealkylation sites (N-methyl/N-ethyl adjacent to an activating group) is 2. The van der Waals surface area contributed by atoms with Crippen LogP contribution in [0, 0.1) is 0 Å². The first-order chi connectivity index (χ1) is 16.3. The molecule has 7 nitrogen and oxygen atoms in total. The van der Waals surface area contributed by atoms with E-state index in [1.54, 1.807) is 23.4 Å². The zero-order valence-corrected chi connectivity index (χ0v) is 21.0. The second-order valence-electron chi connectivity index (χ2n) is 9.20. The Morgan fingerprint density at radius 3 is 1.50 bits per heavy atom. The molecule has 0 saturated heterocycles. The van der Waals surface area contributed by atoms with E-state index in [4.69, 9.17) is 9.47 Å². The quantitative estimate of drug-likeness (QED) is 0.390.